The highest BCUT2D eigenvalue weighted by molar-refractivity contribution is 5.99. The maximum absolute atomic E-state index is 15.1. The smallest absolute Gasteiger partial charge is 0.326 e. The van der Waals surface area contributed by atoms with Crippen LogP contribution in [0.25, 0.3) is 0 Å². The summed E-state index contributed by atoms with van der Waals surface area (Å²) in [6.07, 6.45) is 4.95. The van der Waals surface area contributed by atoms with Gasteiger partial charge in [-0.25, -0.2) is 14.8 Å². The van der Waals surface area contributed by atoms with E-state index in [4.69, 9.17) is 17.2 Å². The molecule has 0 aliphatic carbocycles. The first kappa shape index (κ1) is 73.8. The Morgan fingerprint density at radius 3 is 1.61 bits per heavy atom. The first-order chi connectivity index (χ1) is 44.1. The summed E-state index contributed by atoms with van der Waals surface area (Å²) >= 11 is 0. The molecule has 2 aromatic carbocycles. The number of amides is 9. The van der Waals surface area contributed by atoms with Crippen molar-refractivity contribution in [2.75, 3.05) is 13.1 Å². The lowest BCUT2D eigenvalue weighted by Crippen LogP contribution is -2.61. The molecule has 9 amide bonds. The number of phenols is 1. The molecule has 1 aliphatic heterocycles. The Bertz CT molecular complexity index is 3180. The van der Waals surface area contributed by atoms with Crippen LogP contribution in [0.4, 0.5) is 0 Å². The Balaban J connectivity index is 1.40. The number of aromatic nitrogens is 4. The van der Waals surface area contributed by atoms with E-state index in [1.165, 1.54) is 54.2 Å². The number of carboxylic acid groups (broad SMARTS) is 2. The molecule has 93 heavy (non-hydrogen) atoms. The van der Waals surface area contributed by atoms with E-state index in [0.29, 0.717) is 28.9 Å². The summed E-state index contributed by atoms with van der Waals surface area (Å²) in [7, 11) is 0. The Morgan fingerprint density at radius 1 is 0.591 bits per heavy atom. The molecule has 31 heteroatoms. The third-order valence-electron chi connectivity index (χ3n) is 15.2. The second kappa shape index (κ2) is 36.2. The zero-order chi connectivity index (χ0) is 68.5. The van der Waals surface area contributed by atoms with Gasteiger partial charge in [0.05, 0.1) is 25.1 Å². The number of carboxylic acids is 2. The number of likely N-dealkylation sites (tertiary alicyclic amines) is 1. The SMILES string of the molecule is CC(C)C[C@H](NC(=O)[C@H](Cc1cnc[nH]1)NC(=O)[C@H](Cc1ccccc1)NC(=O)[C@@H]1CCCN1C(=O)[C@H](Cc1cnc[nH]1)NC(=O)[C@H](CC(C)C)NC(=O)[C@H](Cc1ccc(O)cc1)NC(=O)[C@@H](NC(=O)[C@H](CCCN=C(N)N)NC(=O)[C@@H](N)CC(=O)O)C(C)C)C(=O)O. The van der Waals surface area contributed by atoms with Gasteiger partial charge in [0.25, 0.3) is 0 Å². The largest absolute Gasteiger partial charge is 0.508 e. The topological polar surface area (TPSA) is 496 Å². The highest BCUT2D eigenvalue weighted by Gasteiger charge is 2.41. The van der Waals surface area contributed by atoms with E-state index in [2.05, 4.69) is 67.5 Å². The molecular formula is C62H89N17O14. The van der Waals surface area contributed by atoms with Gasteiger partial charge in [0, 0.05) is 62.6 Å². The summed E-state index contributed by atoms with van der Waals surface area (Å²) in [4.78, 5) is 172. The fourth-order valence-electron chi connectivity index (χ4n) is 10.4. The summed E-state index contributed by atoms with van der Waals surface area (Å²) in [6.45, 7) is 10.5. The third kappa shape index (κ3) is 24.3. The van der Waals surface area contributed by atoms with Gasteiger partial charge in [0.15, 0.2) is 5.96 Å². The number of aliphatic imine (C=N–C) groups is 1. The molecule has 0 unspecified atom stereocenters. The number of hydrogen-bond acceptors (Lipinski definition) is 16. The standard InChI is InChI=1S/C62H89N17O14/c1-33(2)22-43(72-56(87)45(25-37-16-18-40(80)19-17-37)75-59(90)51(35(5)6)78-53(84)42(14-10-20-68-62(64)65)71-52(83)41(63)28-50(81)82)54(85)76-47(27-39-30-67-32-70-39)60(91)79-21-11-15-49(79)58(89)74-44(24-36-12-8-7-9-13-36)55(86)73-46(26-38-29-66-31-69-38)57(88)77-48(61(92)93)23-34(3)4/h7-9,12-13,16-19,29-35,41-49,51,80H,10-11,14-15,20-28,63H2,1-6H3,(H,66,69)(H,67,70)(H,71,83)(H,72,87)(H,73,86)(H,74,89)(H,75,90)(H,76,85)(H,77,88)(H,78,84)(H,81,82)(H,92,93)(H4,64,65,68)/t41-,42-,43-,44-,45-,46-,47-,48-,49-,51-/m0/s1. The predicted octanol–water partition coefficient (Wildman–Crippen LogP) is -1.33. The summed E-state index contributed by atoms with van der Waals surface area (Å²) in [5.41, 5.74) is 18.7. The van der Waals surface area contributed by atoms with Gasteiger partial charge in [-0.15, -0.1) is 0 Å². The molecule has 2 aromatic heterocycles. The van der Waals surface area contributed by atoms with Crippen LogP contribution in [0.15, 0.2) is 84.6 Å². The number of nitrogens with two attached hydrogens (primary N) is 3. The normalized spacial score (nSPS) is 15.8. The Morgan fingerprint density at radius 2 is 1.08 bits per heavy atom. The monoisotopic (exact) mass is 1300 g/mol. The first-order valence-electron chi connectivity index (χ1n) is 30.8. The lowest BCUT2D eigenvalue weighted by atomic mass is 9.98. The highest BCUT2D eigenvalue weighted by Crippen LogP contribution is 2.22. The number of imidazole rings is 2. The number of nitrogens with one attached hydrogen (secondary N) is 10. The molecular weight excluding hydrogens is 1210 g/mol. The summed E-state index contributed by atoms with van der Waals surface area (Å²) < 4.78 is 0. The van der Waals surface area contributed by atoms with Crippen LogP contribution in [0.5, 0.6) is 5.75 Å². The van der Waals surface area contributed by atoms with Gasteiger partial charge in [-0.1, -0.05) is 84.0 Å². The van der Waals surface area contributed by atoms with Gasteiger partial charge in [-0.3, -0.25) is 52.9 Å². The van der Waals surface area contributed by atoms with Crippen molar-refractivity contribution in [1.29, 1.82) is 0 Å². The lowest BCUT2D eigenvalue weighted by Gasteiger charge is -2.31. The minimum Gasteiger partial charge on any atom is -0.508 e. The average molecular weight is 1300 g/mol. The predicted molar refractivity (Wildman–Crippen MR) is 338 cm³/mol. The van der Waals surface area contributed by atoms with Crippen LogP contribution in [-0.2, 0) is 78.4 Å². The minimum absolute atomic E-state index is 0.00160. The highest BCUT2D eigenvalue weighted by atomic mass is 16.4. The minimum atomic E-state index is -1.53. The fourth-order valence-corrected chi connectivity index (χ4v) is 10.4. The number of H-pyrrole nitrogens is 2. The van der Waals surface area contributed by atoms with Crippen molar-refractivity contribution < 1.29 is 68.1 Å². The average Bonchev–Trinajstić information content (AvgIpc) is 1.84. The van der Waals surface area contributed by atoms with Crippen LogP contribution in [0.3, 0.4) is 0 Å². The lowest BCUT2D eigenvalue weighted by molar-refractivity contribution is -0.143. The van der Waals surface area contributed by atoms with Gasteiger partial charge in [-0.2, -0.15) is 0 Å². The molecule has 0 saturated carbocycles. The fraction of sp³-hybridized carbons (Fsp3) is 0.516. The molecule has 0 spiro atoms. The van der Waals surface area contributed by atoms with Crippen molar-refractivity contribution in [3.63, 3.8) is 0 Å². The van der Waals surface area contributed by atoms with E-state index >= 15 is 4.79 Å². The van der Waals surface area contributed by atoms with E-state index < -0.39 is 138 Å². The van der Waals surface area contributed by atoms with Gasteiger partial charge in [0.2, 0.25) is 53.2 Å². The number of benzene rings is 2. The summed E-state index contributed by atoms with van der Waals surface area (Å²) in [5, 5.41) is 50.7. The molecule has 1 aliphatic rings. The molecule has 506 valence electrons. The van der Waals surface area contributed by atoms with E-state index in [9.17, 15) is 63.3 Å². The molecule has 10 atom stereocenters. The molecule has 0 radical (unpaired) electrons. The Labute approximate surface area is 538 Å². The number of carbonyl (C=O) groups excluding carboxylic acids is 9. The number of aromatic hydroxyl groups is 1. The number of phenolic OH excluding ortho intramolecular Hbond substituents is 1. The van der Waals surface area contributed by atoms with E-state index in [0.717, 1.165) is 0 Å². The van der Waals surface area contributed by atoms with Crippen molar-refractivity contribution in [2.45, 2.75) is 173 Å². The summed E-state index contributed by atoms with van der Waals surface area (Å²) in [5.74, 6) is -11.4. The molecule has 31 nitrogen and oxygen atoms in total. The maximum Gasteiger partial charge on any atom is 0.326 e. The number of nitrogens with zero attached hydrogens (tertiary/aromatic N) is 4. The van der Waals surface area contributed by atoms with Gasteiger partial charge < -0.3 is 89.9 Å². The molecule has 1 fully saturated rings. The molecule has 0 bridgehead atoms. The Hall–Kier alpha value is -9.94. The molecule has 1 saturated heterocycles. The van der Waals surface area contributed by atoms with Crippen molar-refractivity contribution in [3.8, 4) is 5.75 Å². The van der Waals surface area contributed by atoms with E-state index in [-0.39, 0.29) is 94.4 Å². The number of aliphatic carboxylic acids is 2. The second-order valence-electron chi connectivity index (χ2n) is 24.2. The van der Waals surface area contributed by atoms with E-state index in [1.807, 2.05) is 0 Å². The van der Waals surface area contributed by atoms with Crippen molar-refractivity contribution in [2.24, 2.45) is 39.9 Å². The van der Waals surface area contributed by atoms with Gasteiger partial charge in [0.1, 0.15) is 60.1 Å². The molecule has 19 N–H and O–H groups in total. The maximum atomic E-state index is 15.1. The number of hydrogen-bond donors (Lipinski definition) is 16. The van der Waals surface area contributed by atoms with Crippen LogP contribution in [0.2, 0.25) is 0 Å². The molecule has 3 heterocycles. The number of guanidine groups is 1. The number of rotatable bonds is 37. The first-order valence-corrected chi connectivity index (χ1v) is 30.8. The summed E-state index contributed by atoms with van der Waals surface area (Å²) in [6, 6.07) is 0.827. The number of aromatic amines is 2. The molecule has 5 rings (SSSR count). The zero-order valence-electron chi connectivity index (χ0n) is 53.1. The van der Waals surface area contributed by atoms with E-state index in [1.54, 1.807) is 71.9 Å². The third-order valence-corrected chi connectivity index (χ3v) is 15.2. The van der Waals surface area contributed by atoms with Gasteiger partial charge >= 0.3 is 11.9 Å². The van der Waals surface area contributed by atoms with Crippen molar-refractivity contribution in [1.82, 2.24) is 67.4 Å². The second-order valence-corrected chi connectivity index (χ2v) is 24.2. The van der Waals surface area contributed by atoms with Crippen molar-refractivity contribution >= 4 is 71.1 Å². The van der Waals surface area contributed by atoms with Crippen molar-refractivity contribution in [3.05, 3.63) is 102 Å². The van der Waals surface area contributed by atoms with Crippen LogP contribution in [0, 0.1) is 17.8 Å². The van der Waals surface area contributed by atoms with Crippen LogP contribution >= 0.6 is 0 Å². The van der Waals surface area contributed by atoms with Gasteiger partial charge in [-0.05, 0) is 79.5 Å². The molecule has 4 aromatic rings. The van der Waals surface area contributed by atoms with Crippen LogP contribution in [0.1, 0.15) is 109 Å². The van der Waals surface area contributed by atoms with Crippen LogP contribution < -0.4 is 59.7 Å². The Kier molecular flexibility index (Phi) is 28.7. The quantitative estimate of drug-likeness (QED) is 0.0141. The number of carbonyl (C=O) groups is 11. The van der Waals surface area contributed by atoms with Crippen LogP contribution in [-0.4, -0.2) is 185 Å². The zero-order valence-corrected chi connectivity index (χ0v) is 53.1.